The molecule has 0 bridgehead atoms. The highest BCUT2D eigenvalue weighted by atomic mass is 19.4. The van der Waals surface area contributed by atoms with E-state index in [-0.39, 0.29) is 49.8 Å². The first-order valence-corrected chi connectivity index (χ1v) is 13.9. The van der Waals surface area contributed by atoms with E-state index in [0.29, 0.717) is 22.2 Å². The molecule has 2 aliphatic rings. The van der Waals surface area contributed by atoms with E-state index in [1.165, 1.54) is 13.4 Å². The van der Waals surface area contributed by atoms with Crippen molar-refractivity contribution in [1.29, 1.82) is 0 Å². The van der Waals surface area contributed by atoms with Crippen molar-refractivity contribution in [2.75, 3.05) is 20.3 Å². The maximum atomic E-state index is 14.0. The summed E-state index contributed by atoms with van der Waals surface area (Å²) in [6, 6.07) is 0.0892. The third-order valence-electron chi connectivity index (χ3n) is 8.07. The van der Waals surface area contributed by atoms with Gasteiger partial charge in [-0.05, 0) is 42.4 Å². The van der Waals surface area contributed by atoms with Gasteiger partial charge in [0.2, 0.25) is 11.8 Å². The summed E-state index contributed by atoms with van der Waals surface area (Å²) < 4.78 is 84.2. The number of benzene rings is 1. The van der Waals surface area contributed by atoms with Gasteiger partial charge in [0, 0.05) is 25.5 Å². The molecule has 2 N–H and O–H groups in total. The van der Waals surface area contributed by atoms with Gasteiger partial charge in [-0.3, -0.25) is 4.79 Å². The molecule has 10 nitrogen and oxygen atoms in total. The lowest BCUT2D eigenvalue weighted by Crippen LogP contribution is -2.40. The van der Waals surface area contributed by atoms with E-state index in [1.54, 1.807) is 18.2 Å². The Hall–Kier alpha value is -3.75. The Labute approximate surface area is 243 Å². The summed E-state index contributed by atoms with van der Waals surface area (Å²) in [6.45, 7) is 3.06. The van der Waals surface area contributed by atoms with Crippen LogP contribution >= 0.6 is 0 Å². The van der Waals surface area contributed by atoms with E-state index in [2.05, 4.69) is 15.5 Å². The molecule has 234 valence electrons. The van der Waals surface area contributed by atoms with E-state index >= 15 is 0 Å². The molecule has 1 aromatic carbocycles. The summed E-state index contributed by atoms with van der Waals surface area (Å²) in [5, 5.41) is 8.65. The molecule has 5 rings (SSSR count). The van der Waals surface area contributed by atoms with Gasteiger partial charge in [-0.2, -0.15) is 13.2 Å². The third kappa shape index (κ3) is 6.45. The number of urea groups is 1. The lowest BCUT2D eigenvalue weighted by molar-refractivity contribution is -0.150. The first-order chi connectivity index (χ1) is 20.3. The van der Waals surface area contributed by atoms with E-state index in [9.17, 15) is 31.5 Å². The molecule has 2 fully saturated rings. The zero-order valence-corrected chi connectivity index (χ0v) is 23.7. The summed E-state index contributed by atoms with van der Waals surface area (Å²) in [5.74, 6) is -3.77. The maximum absolute atomic E-state index is 14.0. The van der Waals surface area contributed by atoms with Crippen molar-refractivity contribution in [2.24, 2.45) is 5.92 Å². The van der Waals surface area contributed by atoms with Gasteiger partial charge in [0.15, 0.2) is 11.3 Å². The van der Waals surface area contributed by atoms with Crippen molar-refractivity contribution in [3.8, 4) is 0 Å². The molecule has 2 aromatic heterocycles. The smallest absolute Gasteiger partial charge is 0.410 e. The van der Waals surface area contributed by atoms with E-state index in [4.69, 9.17) is 13.7 Å². The van der Waals surface area contributed by atoms with Crippen LogP contribution in [0.15, 0.2) is 33.4 Å². The highest BCUT2D eigenvalue weighted by Gasteiger charge is 2.48. The van der Waals surface area contributed by atoms with Gasteiger partial charge in [0.25, 0.3) is 5.91 Å². The molecular formula is C28H32F5N5O5. The molecule has 0 radical (unpaired) electrons. The minimum absolute atomic E-state index is 0.0642. The Kier molecular flexibility index (Phi) is 8.38. The predicted octanol–water partition coefficient (Wildman–Crippen LogP) is 5.88. The first-order valence-electron chi connectivity index (χ1n) is 13.9. The molecule has 3 aromatic rings. The number of nitrogens with zero attached hydrogens (tertiary/aromatic N) is 3. The number of hydrogen-bond donors (Lipinski definition) is 2. The lowest BCUT2D eigenvalue weighted by Gasteiger charge is -2.32. The zero-order chi connectivity index (χ0) is 31.1. The number of halogens is 5. The van der Waals surface area contributed by atoms with Crippen LogP contribution in [0.4, 0.5) is 26.7 Å². The summed E-state index contributed by atoms with van der Waals surface area (Å²) >= 11 is 0. The number of carbonyl (C=O) groups excluding carboxylic acids is 2. The number of fused-ring (bicyclic) bond motifs is 1. The van der Waals surface area contributed by atoms with E-state index < -0.39 is 54.6 Å². The summed E-state index contributed by atoms with van der Waals surface area (Å²) in [6.07, 6.45) is -3.73. The fourth-order valence-electron chi connectivity index (χ4n) is 5.65. The van der Waals surface area contributed by atoms with Crippen LogP contribution in [-0.4, -0.2) is 65.4 Å². The van der Waals surface area contributed by atoms with Crippen molar-refractivity contribution in [3.63, 3.8) is 0 Å². The Morgan fingerprint density at radius 3 is 2.60 bits per heavy atom. The molecule has 3 amide bonds. The molecule has 15 heteroatoms. The number of amides is 3. The van der Waals surface area contributed by atoms with Crippen LogP contribution in [0.3, 0.4) is 0 Å². The predicted molar refractivity (Wildman–Crippen MR) is 141 cm³/mol. The number of oxazole rings is 1. The number of nitrogens with one attached hydrogen (secondary N) is 2. The Morgan fingerprint density at radius 1 is 1.26 bits per heavy atom. The largest absolute Gasteiger partial charge is 0.438 e. The van der Waals surface area contributed by atoms with Crippen LogP contribution in [0, 0.1) is 5.92 Å². The van der Waals surface area contributed by atoms with Crippen molar-refractivity contribution < 1.29 is 45.2 Å². The summed E-state index contributed by atoms with van der Waals surface area (Å²) in [7, 11) is 1.37. The number of hydrogen-bond acceptors (Lipinski definition) is 7. The molecule has 0 spiro atoms. The molecule has 3 unspecified atom stereocenters. The van der Waals surface area contributed by atoms with Crippen molar-refractivity contribution >= 4 is 23.0 Å². The van der Waals surface area contributed by atoms with E-state index in [1.807, 2.05) is 19.2 Å². The minimum atomic E-state index is -4.61. The number of aromatic nitrogens is 2. The van der Waals surface area contributed by atoms with Crippen LogP contribution in [-0.2, 0) is 4.74 Å². The minimum Gasteiger partial charge on any atom is -0.438 e. The average Bonchev–Trinajstić information content (AvgIpc) is 3.68. The van der Waals surface area contributed by atoms with Gasteiger partial charge in [0.05, 0.1) is 19.2 Å². The highest BCUT2D eigenvalue weighted by Crippen LogP contribution is 2.42. The molecule has 1 saturated heterocycles. The van der Waals surface area contributed by atoms with Crippen molar-refractivity contribution in [2.45, 2.75) is 75.7 Å². The van der Waals surface area contributed by atoms with Gasteiger partial charge < -0.3 is 29.2 Å². The maximum Gasteiger partial charge on any atom is 0.410 e. The highest BCUT2D eigenvalue weighted by molar-refractivity contribution is 5.94. The van der Waals surface area contributed by atoms with Gasteiger partial charge in [0.1, 0.15) is 23.9 Å². The van der Waals surface area contributed by atoms with Crippen LogP contribution in [0.5, 0.6) is 0 Å². The zero-order valence-electron chi connectivity index (χ0n) is 23.7. The molecule has 43 heavy (non-hydrogen) atoms. The van der Waals surface area contributed by atoms with Crippen LogP contribution < -0.4 is 10.6 Å². The van der Waals surface area contributed by atoms with E-state index in [0.717, 1.165) is 4.90 Å². The Balaban J connectivity index is 1.46. The van der Waals surface area contributed by atoms with Gasteiger partial charge in [-0.25, -0.2) is 18.6 Å². The van der Waals surface area contributed by atoms with Crippen LogP contribution in [0.1, 0.15) is 85.0 Å². The molecule has 1 aliphatic carbocycles. The normalized spacial score (nSPS) is 20.9. The number of methoxy groups -OCH3 is 1. The average molecular weight is 614 g/mol. The van der Waals surface area contributed by atoms with Gasteiger partial charge in [-0.1, -0.05) is 25.1 Å². The summed E-state index contributed by atoms with van der Waals surface area (Å²) in [4.78, 5) is 31.4. The molecule has 3 atom stereocenters. The van der Waals surface area contributed by atoms with Crippen molar-refractivity contribution in [1.82, 2.24) is 25.7 Å². The van der Waals surface area contributed by atoms with Crippen LogP contribution in [0.25, 0.3) is 11.1 Å². The molecule has 1 saturated carbocycles. The molecule has 1 aliphatic heterocycles. The third-order valence-corrected chi connectivity index (χ3v) is 8.07. The SMILES string of the molecule is COCC(c1ccc2oc(C(NC(=O)c3nocc3C(C)C)C3CCC(F)(F)CC3)nc2c1)N1CC(C(F)(F)F)NC1=O. The quantitative estimate of drug-likeness (QED) is 0.289. The topological polar surface area (TPSA) is 123 Å². The monoisotopic (exact) mass is 613 g/mol. The fraction of sp³-hybridized carbons (Fsp3) is 0.571. The van der Waals surface area contributed by atoms with Crippen molar-refractivity contribution in [3.05, 3.63) is 47.2 Å². The molecule has 3 heterocycles. The number of ether oxygens (including phenoxy) is 1. The molecular weight excluding hydrogens is 581 g/mol. The number of alkyl halides is 5. The van der Waals surface area contributed by atoms with Gasteiger partial charge >= 0.3 is 12.2 Å². The summed E-state index contributed by atoms with van der Waals surface area (Å²) in [5.41, 5.74) is 1.72. The second-order valence-corrected chi connectivity index (χ2v) is 11.4. The second kappa shape index (κ2) is 11.7. The fourth-order valence-corrected chi connectivity index (χ4v) is 5.65. The number of rotatable bonds is 9. The van der Waals surface area contributed by atoms with Crippen LogP contribution in [0.2, 0.25) is 0 Å². The Morgan fingerprint density at radius 2 is 1.98 bits per heavy atom. The second-order valence-electron chi connectivity index (χ2n) is 11.4. The Bertz CT molecular complexity index is 1460. The van der Waals surface area contributed by atoms with Gasteiger partial charge in [-0.15, -0.1) is 0 Å². The lowest BCUT2D eigenvalue weighted by atomic mass is 9.82. The first kappa shape index (κ1) is 30.7. The number of carbonyl (C=O) groups is 2. The standard InChI is InChI=1S/C28H32F5N5O5/c1-14(2)17-12-42-37-23(17)24(39)36-22(15-6-8-27(29,30)9-7-15)25-34-18-10-16(4-5-20(18)43-25)19(13-41-3)38-11-21(28(31,32)33)35-26(38)40/h4-5,10,12,14-15,19,21-22H,6-9,11,13H2,1-3H3,(H,35,40)(H,36,39).